The number of nitrogens with one attached hydrogen (secondary N) is 2. The molecule has 0 aromatic carbocycles. The number of H-pyrrole nitrogens is 1. The van der Waals surface area contributed by atoms with E-state index in [1.807, 2.05) is 0 Å². The molecule has 0 radical (unpaired) electrons. The van der Waals surface area contributed by atoms with Crippen LogP contribution in [0.15, 0.2) is 55.0 Å². The van der Waals surface area contributed by atoms with Crippen LogP contribution < -0.4 is 11.1 Å². The number of ketones is 1. The summed E-state index contributed by atoms with van der Waals surface area (Å²) in [6, 6.07) is 9.24. The van der Waals surface area contributed by atoms with Gasteiger partial charge in [-0.1, -0.05) is 12.1 Å². The summed E-state index contributed by atoms with van der Waals surface area (Å²) in [5.74, 6) is -2.65. The fourth-order valence-electron chi connectivity index (χ4n) is 2.51. The van der Waals surface area contributed by atoms with Crippen LogP contribution in [0.1, 0.15) is 16.2 Å². The number of primary amides is 1. The zero-order valence-corrected chi connectivity index (χ0v) is 14.1. The number of nitrogens with two attached hydrogens (primary N) is 1. The second kappa shape index (κ2) is 8.00. The molecule has 2 amide bonds. The van der Waals surface area contributed by atoms with Crippen molar-refractivity contribution in [3.8, 4) is 11.3 Å². The van der Waals surface area contributed by atoms with Gasteiger partial charge in [-0.2, -0.15) is 5.10 Å². The Kier molecular flexibility index (Phi) is 5.31. The summed E-state index contributed by atoms with van der Waals surface area (Å²) >= 11 is 0. The minimum absolute atomic E-state index is 0.0292. The number of hydrogen-bond acceptors (Lipinski definition) is 6. The lowest BCUT2D eigenvalue weighted by molar-refractivity contribution is -0.137. The Labute approximate surface area is 154 Å². The zero-order valence-electron chi connectivity index (χ0n) is 14.1. The minimum Gasteiger partial charge on any atom is -0.363 e. The standard InChI is InChI=1S/C18H16N6O3/c19-17(26)16(25)14(9-11-5-1-3-7-20-11)23-18(27)15-12(10-22-24-15)13-6-2-4-8-21-13/h1-8,10,14H,9H2,(H2,19,26)(H,22,24)(H,23,27). The number of nitrogens with zero attached hydrogens (tertiary/aromatic N) is 3. The van der Waals surface area contributed by atoms with Gasteiger partial charge in [0.25, 0.3) is 11.8 Å². The van der Waals surface area contributed by atoms with Gasteiger partial charge < -0.3 is 11.1 Å². The molecule has 0 bridgehead atoms. The first-order valence-corrected chi connectivity index (χ1v) is 8.05. The molecule has 9 nitrogen and oxygen atoms in total. The molecule has 0 aliphatic carbocycles. The molecular formula is C18H16N6O3. The monoisotopic (exact) mass is 364 g/mol. The molecule has 3 rings (SSSR count). The fraction of sp³-hybridized carbons (Fsp3) is 0.111. The molecule has 3 aromatic heterocycles. The molecule has 3 heterocycles. The number of Topliss-reactive ketones (excluding diaryl/α,β-unsaturated/α-hetero) is 1. The third kappa shape index (κ3) is 4.21. The molecule has 1 unspecified atom stereocenters. The van der Waals surface area contributed by atoms with Gasteiger partial charge in [-0.15, -0.1) is 0 Å². The number of hydrogen-bond donors (Lipinski definition) is 3. The van der Waals surface area contributed by atoms with Gasteiger partial charge in [0.2, 0.25) is 5.78 Å². The Morgan fingerprint density at radius 3 is 2.44 bits per heavy atom. The van der Waals surface area contributed by atoms with Crippen molar-refractivity contribution in [3.05, 3.63) is 66.4 Å². The summed E-state index contributed by atoms with van der Waals surface area (Å²) < 4.78 is 0. The van der Waals surface area contributed by atoms with E-state index in [0.717, 1.165) is 0 Å². The molecule has 3 aromatic rings. The molecule has 0 aliphatic rings. The van der Waals surface area contributed by atoms with Crippen molar-refractivity contribution in [2.45, 2.75) is 12.5 Å². The summed E-state index contributed by atoms with van der Waals surface area (Å²) in [6.45, 7) is 0. The fourth-order valence-corrected chi connectivity index (χ4v) is 2.51. The van der Waals surface area contributed by atoms with Crippen LogP contribution in [0.25, 0.3) is 11.3 Å². The van der Waals surface area contributed by atoms with Gasteiger partial charge in [0.15, 0.2) is 0 Å². The molecule has 0 fully saturated rings. The van der Waals surface area contributed by atoms with E-state index in [2.05, 4.69) is 25.5 Å². The molecule has 0 spiro atoms. The van der Waals surface area contributed by atoms with Crippen LogP contribution in [0.4, 0.5) is 0 Å². The van der Waals surface area contributed by atoms with Gasteiger partial charge in [0.05, 0.1) is 17.5 Å². The molecular weight excluding hydrogens is 348 g/mol. The van der Waals surface area contributed by atoms with Gasteiger partial charge in [0, 0.05) is 24.5 Å². The van der Waals surface area contributed by atoms with Crippen LogP contribution in [0, 0.1) is 0 Å². The first-order chi connectivity index (χ1) is 13.1. The van der Waals surface area contributed by atoms with Crippen LogP contribution in [-0.4, -0.2) is 43.8 Å². The number of aromatic nitrogens is 4. The maximum Gasteiger partial charge on any atom is 0.287 e. The average molecular weight is 364 g/mol. The van der Waals surface area contributed by atoms with E-state index in [4.69, 9.17) is 5.73 Å². The Hall–Kier alpha value is -3.88. The number of pyridine rings is 2. The molecule has 9 heteroatoms. The Morgan fingerprint density at radius 1 is 1.07 bits per heavy atom. The number of rotatable bonds is 7. The minimum atomic E-state index is -1.15. The quantitative estimate of drug-likeness (QED) is 0.513. The summed E-state index contributed by atoms with van der Waals surface area (Å²) in [4.78, 5) is 44.5. The van der Waals surface area contributed by atoms with E-state index in [0.29, 0.717) is 17.0 Å². The second-order valence-electron chi connectivity index (χ2n) is 5.65. The lowest BCUT2D eigenvalue weighted by atomic mass is 10.0. The molecule has 4 N–H and O–H groups in total. The van der Waals surface area contributed by atoms with E-state index in [1.165, 1.54) is 6.20 Å². The predicted molar refractivity (Wildman–Crippen MR) is 95.2 cm³/mol. The molecule has 136 valence electrons. The molecule has 0 aliphatic heterocycles. The zero-order chi connectivity index (χ0) is 19.2. The van der Waals surface area contributed by atoms with Gasteiger partial charge in [0.1, 0.15) is 11.7 Å². The lowest BCUT2D eigenvalue weighted by Gasteiger charge is -2.15. The first-order valence-electron chi connectivity index (χ1n) is 8.05. The third-order valence-electron chi connectivity index (χ3n) is 3.81. The largest absolute Gasteiger partial charge is 0.363 e. The highest BCUT2D eigenvalue weighted by molar-refractivity contribution is 6.38. The van der Waals surface area contributed by atoms with E-state index in [1.54, 1.807) is 48.8 Å². The maximum atomic E-state index is 12.7. The summed E-state index contributed by atoms with van der Waals surface area (Å²) in [5, 5.41) is 9.00. The maximum absolute atomic E-state index is 12.7. The van der Waals surface area contributed by atoms with Crippen LogP contribution in [0.5, 0.6) is 0 Å². The van der Waals surface area contributed by atoms with E-state index in [9.17, 15) is 14.4 Å². The van der Waals surface area contributed by atoms with Gasteiger partial charge in [-0.3, -0.25) is 29.5 Å². The van der Waals surface area contributed by atoms with Crippen LogP contribution in [-0.2, 0) is 16.0 Å². The van der Waals surface area contributed by atoms with Crippen LogP contribution in [0.3, 0.4) is 0 Å². The normalized spacial score (nSPS) is 11.6. The van der Waals surface area contributed by atoms with E-state index >= 15 is 0 Å². The summed E-state index contributed by atoms with van der Waals surface area (Å²) in [6.07, 6.45) is 4.63. The van der Waals surface area contributed by atoms with Crippen LogP contribution in [0.2, 0.25) is 0 Å². The Morgan fingerprint density at radius 2 is 1.81 bits per heavy atom. The van der Waals surface area contributed by atoms with Crippen molar-refractivity contribution in [1.29, 1.82) is 0 Å². The molecule has 1 atom stereocenters. The summed E-state index contributed by atoms with van der Waals surface area (Å²) in [7, 11) is 0. The Balaban J connectivity index is 1.84. The van der Waals surface area contributed by atoms with Crippen molar-refractivity contribution in [2.24, 2.45) is 5.73 Å². The topological polar surface area (TPSA) is 144 Å². The van der Waals surface area contributed by atoms with Crippen molar-refractivity contribution in [1.82, 2.24) is 25.5 Å². The lowest BCUT2D eigenvalue weighted by Crippen LogP contribution is -2.47. The van der Waals surface area contributed by atoms with Crippen molar-refractivity contribution >= 4 is 17.6 Å². The highest BCUT2D eigenvalue weighted by atomic mass is 16.2. The SMILES string of the molecule is NC(=O)C(=O)C(Cc1ccccn1)NC(=O)c1[nH]ncc1-c1ccccn1. The molecule has 0 saturated heterocycles. The number of carbonyl (C=O) groups is 3. The van der Waals surface area contributed by atoms with Crippen molar-refractivity contribution in [3.63, 3.8) is 0 Å². The number of aromatic amines is 1. The predicted octanol–water partition coefficient (Wildman–Crippen LogP) is 0.262. The van der Waals surface area contributed by atoms with Crippen molar-refractivity contribution in [2.75, 3.05) is 0 Å². The second-order valence-corrected chi connectivity index (χ2v) is 5.65. The van der Waals surface area contributed by atoms with Gasteiger partial charge >= 0.3 is 0 Å². The number of amides is 2. The highest BCUT2D eigenvalue weighted by Gasteiger charge is 2.28. The van der Waals surface area contributed by atoms with Gasteiger partial charge in [-0.25, -0.2) is 0 Å². The van der Waals surface area contributed by atoms with Gasteiger partial charge in [-0.05, 0) is 24.3 Å². The first kappa shape index (κ1) is 17.9. The van der Waals surface area contributed by atoms with E-state index < -0.39 is 23.6 Å². The van der Waals surface area contributed by atoms with Crippen LogP contribution >= 0.6 is 0 Å². The van der Waals surface area contributed by atoms with Crippen molar-refractivity contribution < 1.29 is 14.4 Å². The summed E-state index contributed by atoms with van der Waals surface area (Å²) in [5.41, 5.74) is 6.78. The molecule has 0 saturated carbocycles. The Bertz CT molecular complexity index is 955. The molecule has 27 heavy (non-hydrogen) atoms. The third-order valence-corrected chi connectivity index (χ3v) is 3.81. The van der Waals surface area contributed by atoms with E-state index in [-0.39, 0.29) is 12.1 Å². The smallest absolute Gasteiger partial charge is 0.287 e. The number of carbonyl (C=O) groups excluding carboxylic acids is 3. The average Bonchev–Trinajstić information content (AvgIpc) is 3.18. The highest BCUT2D eigenvalue weighted by Crippen LogP contribution is 2.19.